The van der Waals surface area contributed by atoms with Crippen LogP contribution in [0.4, 0.5) is 0 Å². The van der Waals surface area contributed by atoms with E-state index < -0.39 is 5.92 Å². The Labute approximate surface area is 148 Å². The van der Waals surface area contributed by atoms with Gasteiger partial charge in [-0.25, -0.2) is 15.0 Å². The van der Waals surface area contributed by atoms with E-state index in [-0.39, 0.29) is 22.2 Å². The molecule has 0 spiro atoms. The van der Waals surface area contributed by atoms with Crippen LogP contribution in [-0.4, -0.2) is 19.5 Å². The Bertz CT molecular complexity index is 1100. The third kappa shape index (κ3) is 2.65. The number of rotatable bonds is 3. The lowest BCUT2D eigenvalue weighted by Gasteiger charge is -2.12. The summed E-state index contributed by atoms with van der Waals surface area (Å²) < 4.78 is 1.89. The first-order chi connectivity index (χ1) is 12.1. The molecule has 3 aromatic rings. The van der Waals surface area contributed by atoms with Crippen molar-refractivity contribution in [2.45, 2.75) is 19.4 Å². The van der Waals surface area contributed by atoms with Crippen molar-refractivity contribution in [3.05, 3.63) is 52.3 Å². The zero-order valence-corrected chi connectivity index (χ0v) is 13.9. The average molecular weight is 348 g/mol. The van der Waals surface area contributed by atoms with Crippen LogP contribution in [0.25, 0.3) is 11.0 Å². The zero-order chi connectivity index (χ0) is 18.0. The smallest absolute Gasteiger partial charge is 0.178 e. The molecule has 0 aliphatic carbocycles. The molecular weight excluding hydrogens is 338 g/mol. The van der Waals surface area contributed by atoms with Gasteiger partial charge in [-0.3, -0.25) is 0 Å². The summed E-state index contributed by atoms with van der Waals surface area (Å²) >= 11 is 6.13. The number of nitriles is 3. The molecule has 0 fully saturated rings. The molecule has 0 bridgehead atoms. The molecule has 120 valence electrons. The number of hydrogen-bond acceptors (Lipinski definition) is 6. The van der Waals surface area contributed by atoms with Gasteiger partial charge in [-0.15, -0.1) is 0 Å². The van der Waals surface area contributed by atoms with Gasteiger partial charge in [-0.2, -0.15) is 15.8 Å². The first-order valence-corrected chi connectivity index (χ1v) is 7.74. The van der Waals surface area contributed by atoms with E-state index in [2.05, 4.69) is 21.0 Å². The molecule has 0 aliphatic rings. The summed E-state index contributed by atoms with van der Waals surface area (Å²) in [6.07, 6.45) is 0. The third-order valence-corrected chi connectivity index (χ3v) is 4.03. The van der Waals surface area contributed by atoms with Crippen molar-refractivity contribution in [1.29, 1.82) is 15.8 Å². The largest absolute Gasteiger partial charge is 0.327 e. The quantitative estimate of drug-likeness (QED) is 0.719. The van der Waals surface area contributed by atoms with Crippen molar-refractivity contribution in [1.82, 2.24) is 19.5 Å². The first-order valence-electron chi connectivity index (χ1n) is 7.37. The van der Waals surface area contributed by atoms with Gasteiger partial charge in [0.2, 0.25) is 0 Å². The van der Waals surface area contributed by atoms with Gasteiger partial charge in [0.25, 0.3) is 0 Å². The molecule has 0 aliphatic heterocycles. The summed E-state index contributed by atoms with van der Waals surface area (Å²) in [7, 11) is 0. The highest BCUT2D eigenvalue weighted by Gasteiger charge is 2.27. The second-order valence-electron chi connectivity index (χ2n) is 5.09. The first kappa shape index (κ1) is 16.4. The molecule has 1 unspecified atom stereocenters. The van der Waals surface area contributed by atoms with Crippen LogP contribution in [0, 0.1) is 34.0 Å². The Morgan fingerprint density at radius 3 is 2.40 bits per heavy atom. The Morgan fingerprint density at radius 1 is 1.08 bits per heavy atom. The number of aromatic nitrogens is 4. The van der Waals surface area contributed by atoms with Gasteiger partial charge in [0, 0.05) is 6.54 Å². The summed E-state index contributed by atoms with van der Waals surface area (Å²) in [5, 5.41) is 27.8. The molecule has 1 aromatic carbocycles. The molecule has 0 saturated carbocycles. The van der Waals surface area contributed by atoms with E-state index in [0.29, 0.717) is 12.4 Å². The van der Waals surface area contributed by atoms with Gasteiger partial charge in [0.1, 0.15) is 29.6 Å². The third-order valence-electron chi connectivity index (χ3n) is 3.75. The fourth-order valence-corrected chi connectivity index (χ4v) is 2.89. The van der Waals surface area contributed by atoms with E-state index in [1.807, 2.05) is 41.8 Å². The highest BCUT2D eigenvalue weighted by atomic mass is 35.5. The van der Waals surface area contributed by atoms with Crippen LogP contribution >= 0.6 is 11.6 Å². The van der Waals surface area contributed by atoms with E-state index in [1.165, 1.54) is 0 Å². The minimum absolute atomic E-state index is 0.0863. The number of benzene rings is 1. The standard InChI is InChI=1S/C17H10ClN7/c1-2-25-14-6-4-3-5-11(14)24-17(25)10(7-19)15-16(18)23-13(9-21)12(8-20)22-15/h3-6,10H,2H2,1H3. The van der Waals surface area contributed by atoms with Crippen molar-refractivity contribution in [2.75, 3.05) is 0 Å². The van der Waals surface area contributed by atoms with E-state index in [9.17, 15) is 5.26 Å². The zero-order valence-electron chi connectivity index (χ0n) is 13.1. The normalized spacial score (nSPS) is 11.5. The summed E-state index contributed by atoms with van der Waals surface area (Å²) in [6.45, 7) is 2.54. The molecule has 1 atom stereocenters. The summed E-state index contributed by atoms with van der Waals surface area (Å²) in [5.41, 5.74) is 1.42. The second kappa shape index (κ2) is 6.57. The van der Waals surface area contributed by atoms with Gasteiger partial charge in [-0.1, -0.05) is 23.7 Å². The number of para-hydroxylation sites is 2. The molecule has 0 radical (unpaired) electrons. The van der Waals surface area contributed by atoms with E-state index in [4.69, 9.17) is 22.1 Å². The summed E-state index contributed by atoms with van der Waals surface area (Å²) in [4.78, 5) is 12.5. The van der Waals surface area contributed by atoms with Crippen LogP contribution < -0.4 is 0 Å². The maximum Gasteiger partial charge on any atom is 0.178 e. The van der Waals surface area contributed by atoms with Gasteiger partial charge in [-0.05, 0) is 19.1 Å². The molecule has 0 amide bonds. The lowest BCUT2D eigenvalue weighted by molar-refractivity contribution is 0.703. The predicted molar refractivity (Wildman–Crippen MR) is 89.3 cm³/mol. The van der Waals surface area contributed by atoms with Crippen LogP contribution in [0.2, 0.25) is 5.15 Å². The number of halogens is 1. The van der Waals surface area contributed by atoms with Crippen LogP contribution in [0.3, 0.4) is 0 Å². The highest BCUT2D eigenvalue weighted by Crippen LogP contribution is 2.30. The fraction of sp³-hybridized carbons (Fsp3) is 0.176. The maximum absolute atomic E-state index is 9.71. The number of nitrogens with zero attached hydrogens (tertiary/aromatic N) is 7. The van der Waals surface area contributed by atoms with Crippen LogP contribution in [0.1, 0.15) is 35.7 Å². The molecule has 7 nitrogen and oxygen atoms in total. The lowest BCUT2D eigenvalue weighted by Crippen LogP contribution is -2.12. The predicted octanol–water partition coefficient (Wildman–Crippen LogP) is 2.90. The molecule has 2 aromatic heterocycles. The van der Waals surface area contributed by atoms with Gasteiger partial charge < -0.3 is 4.57 Å². The minimum atomic E-state index is -0.910. The Morgan fingerprint density at radius 2 is 1.76 bits per heavy atom. The summed E-state index contributed by atoms with van der Waals surface area (Å²) in [6, 6.07) is 13.2. The monoisotopic (exact) mass is 347 g/mol. The maximum atomic E-state index is 9.71. The van der Waals surface area contributed by atoms with Gasteiger partial charge in [0.15, 0.2) is 16.5 Å². The Balaban J connectivity index is 2.25. The van der Waals surface area contributed by atoms with E-state index in [1.54, 1.807) is 6.07 Å². The number of hydrogen-bond donors (Lipinski definition) is 0. The van der Waals surface area contributed by atoms with E-state index >= 15 is 0 Å². The minimum Gasteiger partial charge on any atom is -0.327 e. The van der Waals surface area contributed by atoms with Crippen LogP contribution in [0.5, 0.6) is 0 Å². The summed E-state index contributed by atoms with van der Waals surface area (Å²) in [5.74, 6) is -0.441. The van der Waals surface area contributed by atoms with Gasteiger partial charge >= 0.3 is 0 Å². The van der Waals surface area contributed by atoms with Crippen molar-refractivity contribution in [3.63, 3.8) is 0 Å². The molecule has 0 saturated heterocycles. The number of imidazole rings is 1. The van der Waals surface area contributed by atoms with Crippen molar-refractivity contribution in [2.24, 2.45) is 0 Å². The van der Waals surface area contributed by atoms with Crippen LogP contribution in [-0.2, 0) is 6.54 Å². The Kier molecular flexibility index (Phi) is 4.31. The highest BCUT2D eigenvalue weighted by molar-refractivity contribution is 6.30. The average Bonchev–Trinajstić information content (AvgIpc) is 3.01. The number of aryl methyl sites for hydroxylation is 1. The molecule has 2 heterocycles. The van der Waals surface area contributed by atoms with Crippen molar-refractivity contribution < 1.29 is 0 Å². The number of fused-ring (bicyclic) bond motifs is 1. The molecular formula is C17H10ClN7. The molecule has 3 rings (SSSR count). The van der Waals surface area contributed by atoms with Crippen LogP contribution in [0.15, 0.2) is 24.3 Å². The topological polar surface area (TPSA) is 115 Å². The molecule has 0 N–H and O–H groups in total. The fourth-order valence-electron chi connectivity index (χ4n) is 2.66. The second-order valence-corrected chi connectivity index (χ2v) is 5.44. The van der Waals surface area contributed by atoms with E-state index in [0.717, 1.165) is 11.0 Å². The SMILES string of the molecule is CCn1c(C(C#N)c2nc(C#N)c(C#N)nc2Cl)nc2ccccc21. The lowest BCUT2D eigenvalue weighted by atomic mass is 10.1. The molecule has 25 heavy (non-hydrogen) atoms. The van der Waals surface area contributed by atoms with Crippen molar-refractivity contribution in [3.8, 4) is 18.2 Å². The molecule has 8 heteroatoms. The van der Waals surface area contributed by atoms with Gasteiger partial charge in [0.05, 0.1) is 17.1 Å². The van der Waals surface area contributed by atoms with Crippen molar-refractivity contribution >= 4 is 22.6 Å². The Hall–Kier alpha value is -3.47.